The van der Waals surface area contributed by atoms with Gasteiger partial charge in [-0.15, -0.1) is 11.3 Å². The molecule has 0 spiro atoms. The van der Waals surface area contributed by atoms with Gasteiger partial charge in [0.05, 0.1) is 27.0 Å². The molecule has 0 aliphatic heterocycles. The number of Topliss-reactive ketones (excluding diaryl/α,β-unsaturated/α-hetero) is 1. The summed E-state index contributed by atoms with van der Waals surface area (Å²) in [7, 11) is 4.65. The Morgan fingerprint density at radius 2 is 1.62 bits per heavy atom. The van der Waals surface area contributed by atoms with Crippen LogP contribution in [0.4, 0.5) is 22.3 Å². The van der Waals surface area contributed by atoms with Crippen molar-refractivity contribution in [2.75, 3.05) is 37.7 Å². The molecule has 3 aromatic carbocycles. The highest BCUT2D eigenvalue weighted by Crippen LogP contribution is 2.43. The smallest absolute Gasteiger partial charge is 0.292 e. The number of methoxy groups -OCH3 is 3. The number of nitrogens with one attached hydrogen (secondary N) is 2. The average Bonchev–Trinajstić information content (AvgIpc) is 3.63. The van der Waals surface area contributed by atoms with E-state index in [-0.39, 0.29) is 6.42 Å². The van der Waals surface area contributed by atoms with Gasteiger partial charge in [0.25, 0.3) is 5.91 Å². The van der Waals surface area contributed by atoms with Gasteiger partial charge in [-0.3, -0.25) is 9.59 Å². The summed E-state index contributed by atoms with van der Waals surface area (Å²) >= 11 is 2.79. The topological polar surface area (TPSA) is 138 Å². The Labute approximate surface area is 250 Å². The molecule has 1 amide bonds. The number of benzene rings is 3. The highest BCUT2D eigenvalue weighted by atomic mass is 32.1. The summed E-state index contributed by atoms with van der Waals surface area (Å²) in [5.74, 6) is 0.662. The van der Waals surface area contributed by atoms with E-state index in [1.165, 1.54) is 22.7 Å². The number of nitrogen functional groups attached to an aromatic ring is 1. The van der Waals surface area contributed by atoms with Crippen molar-refractivity contribution in [2.45, 2.75) is 6.42 Å². The Kier molecular flexibility index (Phi) is 8.65. The third-order valence-corrected chi connectivity index (χ3v) is 8.13. The molecule has 0 aliphatic rings. The highest BCUT2D eigenvalue weighted by Gasteiger charge is 2.19. The van der Waals surface area contributed by atoms with E-state index in [1.807, 2.05) is 41.8 Å². The molecule has 0 bridgehead atoms. The first-order valence-corrected chi connectivity index (χ1v) is 14.4. The van der Waals surface area contributed by atoms with Gasteiger partial charge < -0.3 is 30.6 Å². The van der Waals surface area contributed by atoms with Crippen LogP contribution in [-0.4, -0.2) is 43.0 Å². The molecule has 0 radical (unpaired) electrons. The zero-order chi connectivity index (χ0) is 29.6. The fourth-order valence-corrected chi connectivity index (χ4v) is 5.98. The second-order valence-electron chi connectivity index (χ2n) is 8.93. The van der Waals surface area contributed by atoms with E-state index in [1.54, 1.807) is 51.7 Å². The first kappa shape index (κ1) is 28.6. The molecular formula is C30H27N5O5S2. The largest absolute Gasteiger partial charge is 0.493 e. The fraction of sp³-hybridized carbons (Fsp3) is 0.133. The number of anilines is 4. The number of aromatic nitrogens is 2. The van der Waals surface area contributed by atoms with Crippen molar-refractivity contribution in [3.05, 3.63) is 77.7 Å². The molecule has 0 aliphatic carbocycles. The number of carbonyl (C=O) groups excluding carboxylic acids is 2. The third-order valence-electron chi connectivity index (χ3n) is 6.14. The maximum absolute atomic E-state index is 12.5. The van der Waals surface area contributed by atoms with Gasteiger partial charge in [0.2, 0.25) is 11.5 Å². The summed E-state index contributed by atoms with van der Waals surface area (Å²) in [6, 6.07) is 19.9. The number of nitrogens with zero attached hydrogens (tertiary/aromatic N) is 2. The Balaban J connectivity index is 1.30. The first-order chi connectivity index (χ1) is 20.4. The van der Waals surface area contributed by atoms with E-state index >= 15 is 0 Å². The van der Waals surface area contributed by atoms with Gasteiger partial charge in [-0.1, -0.05) is 53.8 Å². The second-order valence-corrected chi connectivity index (χ2v) is 10.8. The molecule has 2 aromatic heterocycles. The van der Waals surface area contributed by atoms with Crippen LogP contribution in [0.15, 0.2) is 72.1 Å². The summed E-state index contributed by atoms with van der Waals surface area (Å²) in [4.78, 5) is 34.9. The van der Waals surface area contributed by atoms with Gasteiger partial charge >= 0.3 is 0 Å². The molecule has 0 fully saturated rings. The van der Waals surface area contributed by atoms with Crippen LogP contribution >= 0.6 is 22.7 Å². The molecule has 0 unspecified atom stereocenters. The monoisotopic (exact) mass is 601 g/mol. The van der Waals surface area contributed by atoms with Gasteiger partial charge in [0.1, 0.15) is 15.7 Å². The minimum absolute atomic E-state index is 0.0362. The minimum Gasteiger partial charge on any atom is -0.493 e. The normalized spacial score (nSPS) is 10.6. The highest BCUT2D eigenvalue weighted by molar-refractivity contribution is 7.23. The average molecular weight is 602 g/mol. The van der Waals surface area contributed by atoms with Crippen LogP contribution < -0.4 is 30.6 Å². The number of ketones is 1. The molecule has 2 heterocycles. The lowest BCUT2D eigenvalue weighted by Gasteiger charge is -2.14. The van der Waals surface area contributed by atoms with Crippen molar-refractivity contribution in [1.82, 2.24) is 9.97 Å². The Bertz CT molecular complexity index is 1710. The van der Waals surface area contributed by atoms with Crippen molar-refractivity contribution >= 4 is 56.7 Å². The molecule has 0 atom stereocenters. The van der Waals surface area contributed by atoms with E-state index < -0.39 is 11.7 Å². The van der Waals surface area contributed by atoms with Crippen molar-refractivity contribution in [2.24, 2.45) is 0 Å². The van der Waals surface area contributed by atoms with Gasteiger partial charge in [0.15, 0.2) is 16.6 Å². The lowest BCUT2D eigenvalue weighted by Crippen LogP contribution is -2.24. The molecule has 4 N–H and O–H groups in total. The van der Waals surface area contributed by atoms with Gasteiger partial charge in [-0.05, 0) is 17.7 Å². The molecule has 5 rings (SSSR count). The van der Waals surface area contributed by atoms with Crippen LogP contribution in [0.1, 0.15) is 5.56 Å². The summed E-state index contributed by atoms with van der Waals surface area (Å²) in [5.41, 5.74) is 9.73. The molecule has 214 valence electrons. The number of hydrogen-bond donors (Lipinski definition) is 3. The van der Waals surface area contributed by atoms with E-state index in [4.69, 9.17) is 24.9 Å². The van der Waals surface area contributed by atoms with Crippen molar-refractivity contribution in [3.63, 3.8) is 0 Å². The van der Waals surface area contributed by atoms with E-state index in [2.05, 4.69) is 15.6 Å². The number of ether oxygens (including phenoxy) is 3. The SMILES string of the molecule is COc1cc(Nc2nc(N)c(-c3nc(-c4cccc(NC(=O)C(=O)Cc5ccccc5)c4)cs3)s2)cc(OC)c1OC. The number of thiazole rings is 2. The van der Waals surface area contributed by atoms with Gasteiger partial charge in [0, 0.05) is 40.9 Å². The summed E-state index contributed by atoms with van der Waals surface area (Å²) in [6.07, 6.45) is 0.0362. The number of carbonyl (C=O) groups is 2. The molecule has 12 heteroatoms. The first-order valence-electron chi connectivity index (χ1n) is 12.7. The van der Waals surface area contributed by atoms with Gasteiger partial charge in [-0.2, -0.15) is 0 Å². The van der Waals surface area contributed by atoms with Crippen molar-refractivity contribution in [3.8, 4) is 38.4 Å². The number of hydrogen-bond acceptors (Lipinski definition) is 11. The molecule has 0 saturated carbocycles. The number of nitrogens with two attached hydrogens (primary N) is 1. The van der Waals surface area contributed by atoms with Crippen molar-refractivity contribution < 1.29 is 23.8 Å². The van der Waals surface area contributed by atoms with E-state index in [0.29, 0.717) is 50.3 Å². The standard InChI is InChI=1S/C30H27N5O5S2/c1-38-23-14-20(15-24(39-2)25(23)40-3)33-30-35-27(31)26(42-30)29-34-21(16-41-29)18-10-7-11-19(13-18)32-28(37)22(36)12-17-8-5-4-6-9-17/h4-11,13-16H,12,31H2,1-3H3,(H,32,37)(H,33,35). The van der Waals surface area contributed by atoms with Crippen LogP contribution in [-0.2, 0) is 16.0 Å². The molecule has 0 saturated heterocycles. The van der Waals surface area contributed by atoms with Crippen LogP contribution in [0.3, 0.4) is 0 Å². The maximum Gasteiger partial charge on any atom is 0.292 e. The molecule has 42 heavy (non-hydrogen) atoms. The van der Waals surface area contributed by atoms with Crippen LogP contribution in [0.2, 0.25) is 0 Å². The van der Waals surface area contributed by atoms with E-state index in [0.717, 1.165) is 16.0 Å². The Morgan fingerprint density at radius 1 is 0.881 bits per heavy atom. The van der Waals surface area contributed by atoms with E-state index in [9.17, 15) is 9.59 Å². The van der Waals surface area contributed by atoms with Crippen molar-refractivity contribution in [1.29, 1.82) is 0 Å². The van der Waals surface area contributed by atoms with Crippen LogP contribution in [0.5, 0.6) is 17.2 Å². The molecular weight excluding hydrogens is 574 g/mol. The Hall–Kier alpha value is -4.94. The zero-order valence-electron chi connectivity index (χ0n) is 23.0. The van der Waals surface area contributed by atoms with Crippen LogP contribution in [0, 0.1) is 0 Å². The second kappa shape index (κ2) is 12.7. The summed E-state index contributed by atoms with van der Waals surface area (Å²) in [5, 5.41) is 9.11. The Morgan fingerprint density at radius 3 is 2.31 bits per heavy atom. The predicted molar refractivity (Wildman–Crippen MR) is 166 cm³/mol. The summed E-state index contributed by atoms with van der Waals surface area (Å²) in [6.45, 7) is 0. The number of amides is 1. The molecule has 10 nitrogen and oxygen atoms in total. The lowest BCUT2D eigenvalue weighted by molar-refractivity contribution is -0.134. The zero-order valence-corrected chi connectivity index (χ0v) is 24.6. The predicted octanol–water partition coefficient (Wildman–Crippen LogP) is 6.04. The maximum atomic E-state index is 12.5. The fourth-order valence-electron chi connectivity index (χ4n) is 4.14. The number of rotatable bonds is 11. The molecule has 5 aromatic rings. The van der Waals surface area contributed by atoms with Crippen LogP contribution in [0.25, 0.3) is 21.1 Å². The quantitative estimate of drug-likeness (QED) is 0.155. The van der Waals surface area contributed by atoms with Gasteiger partial charge in [-0.25, -0.2) is 9.97 Å². The third kappa shape index (κ3) is 6.35. The summed E-state index contributed by atoms with van der Waals surface area (Å²) < 4.78 is 16.2. The lowest BCUT2D eigenvalue weighted by atomic mass is 10.1. The minimum atomic E-state index is -0.667.